The van der Waals surface area contributed by atoms with Crippen molar-refractivity contribution in [1.29, 1.82) is 0 Å². The Morgan fingerprint density at radius 1 is 0.477 bits per heavy atom. The van der Waals surface area contributed by atoms with E-state index in [4.69, 9.17) is 4.42 Å². The van der Waals surface area contributed by atoms with Gasteiger partial charge in [-0.05, 0) is 94.8 Å². The van der Waals surface area contributed by atoms with Crippen LogP contribution in [0.15, 0.2) is 174 Å². The molecule has 0 amide bonds. The van der Waals surface area contributed by atoms with E-state index in [0.717, 1.165) is 51.9 Å². The summed E-state index contributed by atoms with van der Waals surface area (Å²) in [6, 6.07) is 51.8. The number of anilines is 2. The van der Waals surface area contributed by atoms with Gasteiger partial charge in [0.15, 0.2) is 5.58 Å². The fraction of sp³-hybridized carbons (Fsp3) is 0.0476. The molecule has 2 nitrogen and oxygen atoms in total. The lowest BCUT2D eigenvalue weighted by Gasteiger charge is -2.28. The first-order valence-electron chi connectivity index (χ1n) is 15.3. The molecule has 0 atom stereocenters. The summed E-state index contributed by atoms with van der Waals surface area (Å²) in [6.45, 7) is 0. The Hall–Kier alpha value is -5.60. The van der Waals surface area contributed by atoms with Gasteiger partial charge in [-0.25, -0.2) is 0 Å². The second kappa shape index (κ2) is 11.2. The highest BCUT2D eigenvalue weighted by atomic mass is 16.3. The average molecular weight is 566 g/mol. The summed E-state index contributed by atoms with van der Waals surface area (Å²) in [5.74, 6) is 0. The maximum Gasteiger partial charge on any atom is 0.159 e. The highest BCUT2D eigenvalue weighted by Gasteiger charge is 2.20. The molecular weight excluding hydrogens is 534 g/mol. The Morgan fingerprint density at radius 3 is 1.70 bits per heavy atom. The van der Waals surface area contributed by atoms with Crippen LogP contribution in [-0.2, 0) is 0 Å². The van der Waals surface area contributed by atoms with E-state index in [1.807, 2.05) is 12.1 Å². The first kappa shape index (κ1) is 26.1. The molecule has 1 aliphatic carbocycles. The fourth-order valence-corrected chi connectivity index (χ4v) is 6.29. The summed E-state index contributed by atoms with van der Waals surface area (Å²) in [4.78, 5) is 2.33. The number of hydrogen-bond donors (Lipinski definition) is 0. The highest BCUT2D eigenvalue weighted by Crippen LogP contribution is 2.41. The average Bonchev–Trinajstić information content (AvgIpc) is 3.49. The van der Waals surface area contributed by atoms with Crippen LogP contribution in [0, 0.1) is 0 Å². The minimum Gasteiger partial charge on any atom is -0.454 e. The smallest absolute Gasteiger partial charge is 0.159 e. The molecule has 0 aliphatic heterocycles. The SMILES string of the molecule is C1=CC(N(c2ccc(-c3cc(-c4ccccc4)cc(-c4ccccc4)c3)cc2)c2cccc3c2oc2ccccc23)=CCC1. The second-order valence-electron chi connectivity index (χ2n) is 11.3. The molecule has 0 saturated heterocycles. The van der Waals surface area contributed by atoms with Gasteiger partial charge in [-0.2, -0.15) is 0 Å². The summed E-state index contributed by atoms with van der Waals surface area (Å²) in [7, 11) is 0. The quantitative estimate of drug-likeness (QED) is 0.199. The van der Waals surface area contributed by atoms with Gasteiger partial charge in [-0.15, -0.1) is 0 Å². The molecule has 0 unspecified atom stereocenters. The van der Waals surface area contributed by atoms with Gasteiger partial charge in [0.25, 0.3) is 0 Å². The van der Waals surface area contributed by atoms with E-state index in [2.05, 4.69) is 157 Å². The molecule has 8 rings (SSSR count). The van der Waals surface area contributed by atoms with Gasteiger partial charge >= 0.3 is 0 Å². The van der Waals surface area contributed by atoms with Crippen molar-refractivity contribution in [2.75, 3.05) is 4.90 Å². The van der Waals surface area contributed by atoms with E-state index >= 15 is 0 Å². The van der Waals surface area contributed by atoms with Crippen LogP contribution >= 0.6 is 0 Å². The van der Waals surface area contributed by atoms with Gasteiger partial charge in [0.2, 0.25) is 0 Å². The van der Waals surface area contributed by atoms with Crippen LogP contribution in [0.1, 0.15) is 12.8 Å². The molecule has 210 valence electrons. The summed E-state index contributed by atoms with van der Waals surface area (Å²) in [5.41, 5.74) is 12.3. The maximum absolute atomic E-state index is 6.49. The van der Waals surface area contributed by atoms with Crippen molar-refractivity contribution in [3.63, 3.8) is 0 Å². The van der Waals surface area contributed by atoms with Crippen LogP contribution in [0.2, 0.25) is 0 Å². The predicted molar refractivity (Wildman–Crippen MR) is 185 cm³/mol. The predicted octanol–water partition coefficient (Wildman–Crippen LogP) is 12.0. The minimum absolute atomic E-state index is 0.903. The van der Waals surface area contributed by atoms with Gasteiger partial charge in [0, 0.05) is 22.2 Å². The van der Waals surface area contributed by atoms with Crippen molar-refractivity contribution in [3.05, 3.63) is 170 Å². The Bertz CT molecular complexity index is 2090. The number of furan rings is 1. The molecule has 0 fully saturated rings. The molecule has 7 aromatic rings. The zero-order valence-electron chi connectivity index (χ0n) is 24.4. The van der Waals surface area contributed by atoms with Crippen LogP contribution in [-0.4, -0.2) is 0 Å². The van der Waals surface area contributed by atoms with E-state index < -0.39 is 0 Å². The van der Waals surface area contributed by atoms with Crippen molar-refractivity contribution in [1.82, 2.24) is 0 Å². The van der Waals surface area contributed by atoms with Crippen molar-refractivity contribution < 1.29 is 4.42 Å². The lowest BCUT2D eigenvalue weighted by atomic mass is 9.93. The van der Waals surface area contributed by atoms with Crippen LogP contribution in [0.25, 0.3) is 55.3 Å². The van der Waals surface area contributed by atoms with Crippen molar-refractivity contribution in [3.8, 4) is 33.4 Å². The van der Waals surface area contributed by atoms with Gasteiger partial charge < -0.3 is 9.32 Å². The molecule has 0 bridgehead atoms. The Kier molecular flexibility index (Phi) is 6.66. The normalized spacial score (nSPS) is 12.9. The third-order valence-electron chi connectivity index (χ3n) is 8.46. The standard InChI is InChI=1S/C42H31NO/c1-4-13-30(14-5-1)33-27-34(31-15-6-2-7-16-31)29-35(28-33)32-23-25-37(26-24-32)43(36-17-8-3-9-18-36)40-21-12-20-39-38-19-10-11-22-41(38)44-42(39)40/h1-2,4-8,10-29H,3,9H2. The van der Waals surface area contributed by atoms with Crippen LogP contribution in [0.4, 0.5) is 11.4 Å². The lowest BCUT2D eigenvalue weighted by molar-refractivity contribution is 0.668. The second-order valence-corrected chi connectivity index (χ2v) is 11.3. The van der Waals surface area contributed by atoms with Gasteiger partial charge in [0.1, 0.15) is 5.58 Å². The number of allylic oxidation sites excluding steroid dienone is 3. The molecule has 1 aromatic heterocycles. The fourth-order valence-electron chi connectivity index (χ4n) is 6.29. The van der Waals surface area contributed by atoms with E-state index in [0.29, 0.717) is 0 Å². The van der Waals surface area contributed by atoms with Crippen LogP contribution in [0.5, 0.6) is 0 Å². The van der Waals surface area contributed by atoms with Gasteiger partial charge in [-0.3, -0.25) is 0 Å². The molecular formula is C42H31NO. The molecule has 44 heavy (non-hydrogen) atoms. The first-order valence-corrected chi connectivity index (χ1v) is 15.3. The number of fused-ring (bicyclic) bond motifs is 3. The zero-order chi connectivity index (χ0) is 29.3. The topological polar surface area (TPSA) is 16.4 Å². The van der Waals surface area contributed by atoms with E-state index in [1.165, 1.54) is 33.4 Å². The molecule has 0 radical (unpaired) electrons. The van der Waals surface area contributed by atoms with Crippen molar-refractivity contribution in [2.45, 2.75) is 12.8 Å². The number of nitrogens with zero attached hydrogens (tertiary/aromatic N) is 1. The molecule has 0 N–H and O–H groups in total. The largest absolute Gasteiger partial charge is 0.454 e. The van der Waals surface area contributed by atoms with Crippen LogP contribution < -0.4 is 4.90 Å². The van der Waals surface area contributed by atoms with E-state index in [1.54, 1.807) is 0 Å². The first-order chi connectivity index (χ1) is 21.8. The summed E-state index contributed by atoms with van der Waals surface area (Å²) in [6.07, 6.45) is 8.90. The van der Waals surface area contributed by atoms with E-state index in [9.17, 15) is 0 Å². The maximum atomic E-state index is 6.49. The number of para-hydroxylation sites is 2. The summed E-state index contributed by atoms with van der Waals surface area (Å²) >= 11 is 0. The molecule has 6 aromatic carbocycles. The number of rotatable bonds is 6. The molecule has 0 spiro atoms. The van der Waals surface area contributed by atoms with Gasteiger partial charge in [0.05, 0.1) is 5.69 Å². The van der Waals surface area contributed by atoms with Crippen LogP contribution in [0.3, 0.4) is 0 Å². The monoisotopic (exact) mass is 565 g/mol. The van der Waals surface area contributed by atoms with Gasteiger partial charge in [-0.1, -0.05) is 115 Å². The van der Waals surface area contributed by atoms with E-state index in [-0.39, 0.29) is 0 Å². The van der Waals surface area contributed by atoms with Crippen molar-refractivity contribution >= 4 is 33.3 Å². The third kappa shape index (κ3) is 4.81. The highest BCUT2D eigenvalue weighted by molar-refractivity contribution is 6.09. The molecule has 1 heterocycles. The zero-order valence-corrected chi connectivity index (χ0v) is 24.4. The number of hydrogen-bond acceptors (Lipinski definition) is 2. The lowest BCUT2D eigenvalue weighted by Crippen LogP contribution is -2.16. The Labute approximate surface area is 257 Å². The summed E-state index contributed by atoms with van der Waals surface area (Å²) in [5, 5.41) is 2.27. The molecule has 1 aliphatic rings. The van der Waals surface area contributed by atoms with Crippen molar-refractivity contribution in [2.24, 2.45) is 0 Å². The Balaban J connectivity index is 1.25. The minimum atomic E-state index is 0.903. The summed E-state index contributed by atoms with van der Waals surface area (Å²) < 4.78 is 6.49. The molecule has 0 saturated carbocycles. The number of benzene rings is 6. The Morgan fingerprint density at radius 2 is 1.07 bits per heavy atom. The third-order valence-corrected chi connectivity index (χ3v) is 8.46. The molecule has 2 heteroatoms.